The molecule has 1 aliphatic rings. The first-order valence-electron chi connectivity index (χ1n) is 13.0. The molecule has 0 radical (unpaired) electrons. The summed E-state index contributed by atoms with van der Waals surface area (Å²) in [5, 5.41) is 4.27. The largest absolute Gasteiger partial charge is 0.370 e. The fourth-order valence-electron chi connectivity index (χ4n) is 5.10. The van der Waals surface area contributed by atoms with Crippen LogP contribution in [0.4, 0.5) is 0 Å². The van der Waals surface area contributed by atoms with Gasteiger partial charge in [0.1, 0.15) is 0 Å². The second kappa shape index (κ2) is 12.3. The molecule has 3 heterocycles. The number of pyridine rings is 1. The average molecular weight is 622 g/mol. The number of rotatable bonds is 8. The van der Waals surface area contributed by atoms with E-state index in [-0.39, 0.29) is 23.8 Å². The van der Waals surface area contributed by atoms with E-state index in [1.54, 1.807) is 48.8 Å². The maximum atomic E-state index is 13.8. The summed E-state index contributed by atoms with van der Waals surface area (Å²) < 4.78 is 28.7. The molecule has 220 valence electrons. The van der Waals surface area contributed by atoms with Gasteiger partial charge in [0.2, 0.25) is 21.8 Å². The van der Waals surface area contributed by atoms with E-state index >= 15 is 0 Å². The van der Waals surface area contributed by atoms with Gasteiger partial charge in [-0.3, -0.25) is 19.4 Å². The maximum Gasteiger partial charge on any atom is 0.292 e. The third-order valence-electron chi connectivity index (χ3n) is 7.07. The van der Waals surface area contributed by atoms with Gasteiger partial charge in [-0.2, -0.15) is 4.31 Å². The fourth-order valence-corrected chi connectivity index (χ4v) is 6.83. The van der Waals surface area contributed by atoms with E-state index in [1.807, 2.05) is 0 Å². The van der Waals surface area contributed by atoms with Crippen molar-refractivity contribution in [1.82, 2.24) is 24.2 Å². The smallest absolute Gasteiger partial charge is 0.292 e. The topological polar surface area (TPSA) is 186 Å². The Morgan fingerprint density at radius 2 is 1.53 bits per heavy atom. The lowest BCUT2D eigenvalue weighted by molar-refractivity contribution is -0.120. The van der Waals surface area contributed by atoms with Crippen LogP contribution in [0.25, 0.3) is 21.9 Å². The van der Waals surface area contributed by atoms with E-state index in [1.165, 1.54) is 24.5 Å². The van der Waals surface area contributed by atoms with Crippen molar-refractivity contribution in [2.24, 2.45) is 10.9 Å². The molecule has 2 aromatic carbocycles. The van der Waals surface area contributed by atoms with Gasteiger partial charge < -0.3 is 10.6 Å². The third-order valence-corrected chi connectivity index (χ3v) is 9.13. The quantitative estimate of drug-likeness (QED) is 0.289. The molecular formula is C28H24ClN7O6S. The number of sulfonamides is 1. The highest BCUT2D eigenvalue weighted by atomic mass is 35.5. The highest BCUT2D eigenvalue weighted by Gasteiger charge is 2.44. The number of primary amides is 1. The average Bonchev–Trinajstić information content (AvgIpc) is 3.00. The molecular weight excluding hydrogens is 598 g/mol. The lowest BCUT2D eigenvalue weighted by Crippen LogP contribution is -2.62. The Balaban J connectivity index is 1.50. The number of halogens is 1. The molecule has 2 aromatic heterocycles. The van der Waals surface area contributed by atoms with Gasteiger partial charge in [0, 0.05) is 60.1 Å². The van der Waals surface area contributed by atoms with Gasteiger partial charge >= 0.3 is 0 Å². The number of nitrogens with zero attached hydrogens (tertiary/aromatic N) is 6. The fraction of sp³-hybridized carbons (Fsp3) is 0.214. The zero-order chi connectivity index (χ0) is 30.7. The van der Waals surface area contributed by atoms with Crippen LogP contribution in [0.2, 0.25) is 5.02 Å². The van der Waals surface area contributed by atoms with Crippen LogP contribution >= 0.6 is 11.6 Å². The van der Waals surface area contributed by atoms with Crippen molar-refractivity contribution in [1.29, 1.82) is 0 Å². The standard InChI is InChI=1S/C28H24ClN7O6S/c29-21-3-1-19-10-24(4-2-18(19)9-21)43(41,42)35-15-22(11-25(30)37)36(23(16-35)12-26(38)34-40)28(39)27-32-13-20(14-33-27)17-5-7-31-8-6-17/h1-10,13-14,22-23H,11-12,15-16H2,(H2,30,37)/t22-,23+/m1/s1. The number of piperazine rings is 1. The monoisotopic (exact) mass is 621 g/mol. The Morgan fingerprint density at radius 1 is 0.907 bits per heavy atom. The Morgan fingerprint density at radius 3 is 2.19 bits per heavy atom. The predicted molar refractivity (Wildman–Crippen MR) is 156 cm³/mol. The zero-order valence-corrected chi connectivity index (χ0v) is 24.0. The highest BCUT2D eigenvalue weighted by Crippen LogP contribution is 2.30. The normalized spacial score (nSPS) is 17.5. The Bertz CT molecular complexity index is 1820. The second-order valence-electron chi connectivity index (χ2n) is 9.89. The molecule has 0 aliphatic carbocycles. The van der Waals surface area contributed by atoms with E-state index < -0.39 is 52.7 Å². The molecule has 2 N–H and O–H groups in total. The summed E-state index contributed by atoms with van der Waals surface area (Å²) in [6.07, 6.45) is 5.02. The van der Waals surface area contributed by atoms with E-state index in [4.69, 9.17) is 17.3 Å². The van der Waals surface area contributed by atoms with Crippen molar-refractivity contribution >= 4 is 50.1 Å². The summed E-state index contributed by atoms with van der Waals surface area (Å²) in [6, 6.07) is 10.7. The van der Waals surface area contributed by atoms with Crippen LogP contribution in [-0.4, -0.2) is 75.5 Å². The zero-order valence-electron chi connectivity index (χ0n) is 22.4. The minimum Gasteiger partial charge on any atom is -0.370 e. The summed E-state index contributed by atoms with van der Waals surface area (Å²) in [5.74, 6) is -2.93. The number of hydrogen-bond acceptors (Lipinski definition) is 9. The molecule has 5 rings (SSSR count). The maximum absolute atomic E-state index is 13.8. The number of aromatic nitrogens is 3. The van der Waals surface area contributed by atoms with Crippen molar-refractivity contribution < 1.29 is 22.8 Å². The summed E-state index contributed by atoms with van der Waals surface area (Å²) >= 11 is 6.05. The number of nitroso groups, excluding NO2 is 1. The van der Waals surface area contributed by atoms with Gasteiger partial charge in [-0.1, -0.05) is 23.7 Å². The Labute approximate surface area is 250 Å². The van der Waals surface area contributed by atoms with Crippen LogP contribution in [0, 0.1) is 4.91 Å². The summed E-state index contributed by atoms with van der Waals surface area (Å²) in [6.45, 7) is -0.678. The molecule has 0 saturated carbocycles. The molecule has 13 nitrogen and oxygen atoms in total. The SMILES string of the molecule is NC(=O)C[C@@H]1CN(S(=O)(=O)c2ccc3cc(Cl)ccc3c2)C[C@H](CC(=O)N=O)N1C(=O)c1ncc(-c2ccncc2)cn1. The predicted octanol–water partition coefficient (Wildman–Crippen LogP) is 2.79. The van der Waals surface area contributed by atoms with Gasteiger partial charge in [0.05, 0.1) is 23.4 Å². The Hall–Kier alpha value is -4.66. The molecule has 3 amide bonds. The van der Waals surface area contributed by atoms with Gasteiger partial charge in [0.15, 0.2) is 0 Å². The first-order valence-corrected chi connectivity index (χ1v) is 14.8. The number of fused-ring (bicyclic) bond motifs is 1. The summed E-state index contributed by atoms with van der Waals surface area (Å²) in [7, 11) is -4.20. The van der Waals surface area contributed by atoms with E-state index in [0.717, 1.165) is 20.2 Å². The van der Waals surface area contributed by atoms with Crippen molar-refractivity contribution in [3.8, 4) is 11.1 Å². The molecule has 1 fully saturated rings. The van der Waals surface area contributed by atoms with Crippen LogP contribution in [-0.2, 0) is 19.6 Å². The lowest BCUT2D eigenvalue weighted by atomic mass is 10.0. The summed E-state index contributed by atoms with van der Waals surface area (Å²) in [5.41, 5.74) is 6.86. The third kappa shape index (κ3) is 6.40. The van der Waals surface area contributed by atoms with E-state index in [2.05, 4.69) is 20.1 Å². The number of amides is 3. The van der Waals surface area contributed by atoms with Crippen molar-refractivity contribution in [2.75, 3.05) is 13.1 Å². The molecule has 0 bridgehead atoms. The van der Waals surface area contributed by atoms with Gasteiger partial charge in [-0.05, 0) is 52.7 Å². The molecule has 4 aromatic rings. The first kappa shape index (κ1) is 29.8. The second-order valence-corrected chi connectivity index (χ2v) is 12.3. The van der Waals surface area contributed by atoms with Crippen molar-refractivity contribution in [3.63, 3.8) is 0 Å². The summed E-state index contributed by atoms with van der Waals surface area (Å²) in [4.78, 5) is 62.5. The first-order chi connectivity index (χ1) is 20.6. The number of nitrogens with two attached hydrogens (primary N) is 1. The number of carbonyl (C=O) groups excluding carboxylic acids is 3. The lowest BCUT2D eigenvalue weighted by Gasteiger charge is -2.45. The van der Waals surface area contributed by atoms with Crippen LogP contribution in [0.1, 0.15) is 23.5 Å². The number of benzene rings is 2. The van der Waals surface area contributed by atoms with Crippen LogP contribution in [0.15, 0.2) is 83.4 Å². The number of carbonyl (C=O) groups is 3. The molecule has 15 heteroatoms. The highest BCUT2D eigenvalue weighted by molar-refractivity contribution is 7.89. The van der Waals surface area contributed by atoms with Gasteiger partial charge in [-0.15, -0.1) is 4.91 Å². The molecule has 1 saturated heterocycles. The minimum atomic E-state index is -4.20. The van der Waals surface area contributed by atoms with Crippen LogP contribution in [0.3, 0.4) is 0 Å². The number of hydrogen-bond donors (Lipinski definition) is 1. The molecule has 0 unspecified atom stereocenters. The van der Waals surface area contributed by atoms with Gasteiger partial charge in [-0.25, -0.2) is 18.4 Å². The molecule has 43 heavy (non-hydrogen) atoms. The van der Waals surface area contributed by atoms with Crippen molar-refractivity contribution in [3.05, 3.63) is 89.1 Å². The van der Waals surface area contributed by atoms with Crippen LogP contribution < -0.4 is 5.73 Å². The van der Waals surface area contributed by atoms with Crippen molar-refractivity contribution in [2.45, 2.75) is 29.8 Å². The minimum absolute atomic E-state index is 0.0476. The van der Waals surface area contributed by atoms with E-state index in [9.17, 15) is 27.7 Å². The Kier molecular flexibility index (Phi) is 8.52. The van der Waals surface area contributed by atoms with Crippen LogP contribution in [0.5, 0.6) is 0 Å². The molecule has 1 aliphatic heterocycles. The molecule has 2 atom stereocenters. The van der Waals surface area contributed by atoms with Gasteiger partial charge in [0.25, 0.3) is 11.8 Å². The molecule has 0 spiro atoms. The van der Waals surface area contributed by atoms with E-state index in [0.29, 0.717) is 16.0 Å².